The number of hydrogen-bond donors (Lipinski definition) is 0. The van der Waals surface area contributed by atoms with Crippen molar-refractivity contribution >= 4 is 17.7 Å². The Morgan fingerprint density at radius 2 is 1.87 bits per heavy atom. The van der Waals surface area contributed by atoms with Gasteiger partial charge in [0, 0.05) is 17.3 Å². The number of thioether (sulfide) groups is 1. The Kier molecular flexibility index (Phi) is 4.88. The van der Waals surface area contributed by atoms with Gasteiger partial charge in [0.2, 0.25) is 5.91 Å². The van der Waals surface area contributed by atoms with Crippen LogP contribution in [0.3, 0.4) is 0 Å². The lowest BCUT2D eigenvalue weighted by molar-refractivity contribution is -0.128. The standard InChI is InChI=1S/C23H18FN3O2S/c24-17-10-8-16(9-11-17)22-20(14-27(25-22)18-5-2-1-3-6-18)23-26(21(28)15-30-23)13-19-7-4-12-29-19/h1-12,14,23H,13,15H2/t23-/m1/s1. The SMILES string of the molecule is O=C1CS[C@H](c2cn(-c3ccccc3)nc2-c2ccc(F)cc2)N1Cc1ccco1. The molecular weight excluding hydrogens is 401 g/mol. The summed E-state index contributed by atoms with van der Waals surface area (Å²) in [6, 6.07) is 19.8. The first-order chi connectivity index (χ1) is 14.7. The van der Waals surface area contributed by atoms with Gasteiger partial charge in [-0.2, -0.15) is 5.10 Å². The lowest BCUT2D eigenvalue weighted by atomic mass is 10.1. The Morgan fingerprint density at radius 1 is 1.07 bits per heavy atom. The average Bonchev–Trinajstić information content (AvgIpc) is 3.51. The van der Waals surface area contributed by atoms with Gasteiger partial charge < -0.3 is 9.32 Å². The molecular formula is C23H18FN3O2S. The molecule has 30 heavy (non-hydrogen) atoms. The molecule has 2 aromatic heterocycles. The van der Waals surface area contributed by atoms with Crippen molar-refractivity contribution in [1.29, 1.82) is 0 Å². The van der Waals surface area contributed by atoms with E-state index < -0.39 is 0 Å². The lowest BCUT2D eigenvalue weighted by Gasteiger charge is -2.23. The zero-order valence-corrected chi connectivity index (χ0v) is 16.8. The third-order valence-electron chi connectivity index (χ3n) is 5.02. The van der Waals surface area contributed by atoms with Gasteiger partial charge in [0.05, 0.1) is 29.9 Å². The first-order valence-electron chi connectivity index (χ1n) is 9.53. The van der Waals surface area contributed by atoms with Gasteiger partial charge in [-0.05, 0) is 48.5 Å². The molecule has 1 aliphatic heterocycles. The quantitative estimate of drug-likeness (QED) is 0.454. The zero-order valence-electron chi connectivity index (χ0n) is 15.9. The lowest BCUT2D eigenvalue weighted by Crippen LogP contribution is -2.27. The number of halogens is 1. The first kappa shape index (κ1) is 18.7. The molecule has 1 atom stereocenters. The number of aromatic nitrogens is 2. The average molecular weight is 419 g/mol. The number of para-hydroxylation sites is 1. The van der Waals surface area contributed by atoms with Gasteiger partial charge in [-0.1, -0.05) is 18.2 Å². The highest BCUT2D eigenvalue weighted by Gasteiger charge is 2.36. The summed E-state index contributed by atoms with van der Waals surface area (Å²) >= 11 is 1.56. The van der Waals surface area contributed by atoms with E-state index in [2.05, 4.69) is 0 Å². The van der Waals surface area contributed by atoms with Crippen molar-refractivity contribution in [3.05, 3.63) is 96.3 Å². The van der Waals surface area contributed by atoms with E-state index in [-0.39, 0.29) is 17.1 Å². The van der Waals surface area contributed by atoms with Crippen molar-refractivity contribution in [2.24, 2.45) is 0 Å². The fourth-order valence-corrected chi connectivity index (χ4v) is 4.76. The number of amides is 1. The van der Waals surface area contributed by atoms with E-state index in [1.807, 2.05) is 58.2 Å². The zero-order chi connectivity index (χ0) is 20.5. The summed E-state index contributed by atoms with van der Waals surface area (Å²) in [5.41, 5.74) is 3.36. The number of rotatable bonds is 5. The maximum absolute atomic E-state index is 13.5. The molecule has 150 valence electrons. The van der Waals surface area contributed by atoms with E-state index in [4.69, 9.17) is 9.52 Å². The van der Waals surface area contributed by atoms with Crippen LogP contribution < -0.4 is 0 Å². The van der Waals surface area contributed by atoms with Crippen LogP contribution in [0.5, 0.6) is 0 Å². The second kappa shape index (κ2) is 7.84. The minimum absolute atomic E-state index is 0.0546. The molecule has 0 N–H and O–H groups in total. The van der Waals surface area contributed by atoms with Crippen LogP contribution in [0, 0.1) is 5.82 Å². The Labute approximate surface area is 177 Å². The molecule has 0 radical (unpaired) electrons. The molecule has 5 nitrogen and oxygen atoms in total. The highest BCUT2D eigenvalue weighted by molar-refractivity contribution is 8.00. The highest BCUT2D eigenvalue weighted by atomic mass is 32.2. The Bertz CT molecular complexity index is 1160. The maximum atomic E-state index is 13.5. The van der Waals surface area contributed by atoms with Crippen LogP contribution in [-0.4, -0.2) is 26.3 Å². The predicted octanol–water partition coefficient (Wildman–Crippen LogP) is 5.05. The smallest absolute Gasteiger partial charge is 0.234 e. The molecule has 4 aromatic rings. The van der Waals surface area contributed by atoms with E-state index in [0.29, 0.717) is 12.3 Å². The second-order valence-corrected chi connectivity index (χ2v) is 8.05. The molecule has 5 rings (SSSR count). The molecule has 7 heteroatoms. The maximum Gasteiger partial charge on any atom is 0.234 e. The minimum Gasteiger partial charge on any atom is -0.467 e. The number of furan rings is 1. The van der Waals surface area contributed by atoms with Gasteiger partial charge in [-0.15, -0.1) is 11.8 Å². The van der Waals surface area contributed by atoms with Crippen LogP contribution in [0.4, 0.5) is 4.39 Å². The third-order valence-corrected chi connectivity index (χ3v) is 6.26. The molecule has 1 aliphatic rings. The molecule has 3 heterocycles. The Hall–Kier alpha value is -3.32. The van der Waals surface area contributed by atoms with Crippen LogP contribution in [-0.2, 0) is 11.3 Å². The van der Waals surface area contributed by atoms with Crippen molar-refractivity contribution in [3.8, 4) is 16.9 Å². The fraction of sp³-hybridized carbons (Fsp3) is 0.130. The molecule has 0 saturated carbocycles. The predicted molar refractivity (Wildman–Crippen MR) is 113 cm³/mol. The molecule has 1 saturated heterocycles. The van der Waals surface area contributed by atoms with Crippen LogP contribution in [0.25, 0.3) is 16.9 Å². The van der Waals surface area contributed by atoms with Crippen molar-refractivity contribution in [3.63, 3.8) is 0 Å². The summed E-state index contributed by atoms with van der Waals surface area (Å²) < 4.78 is 20.8. The van der Waals surface area contributed by atoms with E-state index in [9.17, 15) is 9.18 Å². The van der Waals surface area contributed by atoms with Gasteiger partial charge in [0.15, 0.2) is 0 Å². The second-order valence-electron chi connectivity index (χ2n) is 6.98. The van der Waals surface area contributed by atoms with Crippen molar-refractivity contribution in [1.82, 2.24) is 14.7 Å². The minimum atomic E-state index is -0.298. The monoisotopic (exact) mass is 419 g/mol. The Morgan fingerprint density at radius 3 is 2.60 bits per heavy atom. The van der Waals surface area contributed by atoms with Gasteiger partial charge >= 0.3 is 0 Å². The number of carbonyl (C=O) groups excluding carboxylic acids is 1. The van der Waals surface area contributed by atoms with Crippen molar-refractivity contribution in [2.75, 3.05) is 5.75 Å². The van der Waals surface area contributed by atoms with Crippen LogP contribution in [0.15, 0.2) is 83.6 Å². The van der Waals surface area contributed by atoms with E-state index in [1.54, 1.807) is 30.2 Å². The van der Waals surface area contributed by atoms with E-state index >= 15 is 0 Å². The highest BCUT2D eigenvalue weighted by Crippen LogP contribution is 2.43. The molecule has 0 unspecified atom stereocenters. The largest absolute Gasteiger partial charge is 0.467 e. The summed E-state index contributed by atoms with van der Waals surface area (Å²) in [5, 5.41) is 4.59. The summed E-state index contributed by atoms with van der Waals surface area (Å²) in [4.78, 5) is 14.4. The van der Waals surface area contributed by atoms with Crippen LogP contribution >= 0.6 is 11.8 Å². The number of nitrogens with zero attached hydrogens (tertiary/aromatic N) is 3. The topological polar surface area (TPSA) is 51.3 Å². The number of hydrogen-bond acceptors (Lipinski definition) is 4. The van der Waals surface area contributed by atoms with Crippen molar-refractivity contribution in [2.45, 2.75) is 11.9 Å². The van der Waals surface area contributed by atoms with Gasteiger partial charge in [0.1, 0.15) is 17.0 Å². The molecule has 1 fully saturated rings. The summed E-state index contributed by atoms with van der Waals surface area (Å²) in [5.74, 6) is 0.881. The van der Waals surface area contributed by atoms with E-state index in [1.165, 1.54) is 12.1 Å². The van der Waals surface area contributed by atoms with Crippen LogP contribution in [0.1, 0.15) is 16.7 Å². The first-order valence-corrected chi connectivity index (χ1v) is 10.6. The van der Waals surface area contributed by atoms with E-state index in [0.717, 1.165) is 28.3 Å². The molecule has 0 bridgehead atoms. The van der Waals surface area contributed by atoms with Crippen molar-refractivity contribution < 1.29 is 13.6 Å². The number of benzene rings is 2. The summed E-state index contributed by atoms with van der Waals surface area (Å²) in [6.45, 7) is 0.392. The Balaban J connectivity index is 1.59. The molecule has 1 amide bonds. The van der Waals surface area contributed by atoms with Gasteiger partial charge in [-0.3, -0.25) is 4.79 Å². The van der Waals surface area contributed by atoms with Crippen LogP contribution in [0.2, 0.25) is 0 Å². The summed E-state index contributed by atoms with van der Waals surface area (Å²) in [6.07, 6.45) is 3.56. The fourth-order valence-electron chi connectivity index (χ4n) is 3.57. The van der Waals surface area contributed by atoms with Gasteiger partial charge in [0.25, 0.3) is 0 Å². The molecule has 0 spiro atoms. The molecule has 2 aromatic carbocycles. The number of carbonyl (C=O) groups is 1. The molecule has 0 aliphatic carbocycles. The third kappa shape index (κ3) is 3.52. The van der Waals surface area contributed by atoms with Gasteiger partial charge in [-0.25, -0.2) is 9.07 Å². The normalized spacial score (nSPS) is 16.4. The summed E-state index contributed by atoms with van der Waals surface area (Å²) in [7, 11) is 0.